The summed E-state index contributed by atoms with van der Waals surface area (Å²) < 4.78 is 0. The second-order valence-electron chi connectivity index (χ2n) is 5.50. The number of fused-ring (bicyclic) bond motifs is 1. The first-order chi connectivity index (χ1) is 10.6. The Kier molecular flexibility index (Phi) is 3.92. The Morgan fingerprint density at radius 2 is 1.68 bits per heavy atom. The van der Waals surface area contributed by atoms with Gasteiger partial charge in [0.05, 0.1) is 0 Å². The van der Waals surface area contributed by atoms with Gasteiger partial charge in [-0.25, -0.2) is 0 Å². The van der Waals surface area contributed by atoms with E-state index in [2.05, 4.69) is 17.4 Å². The predicted molar refractivity (Wildman–Crippen MR) is 85.6 cm³/mol. The average molecular weight is 294 g/mol. The first-order valence-electron chi connectivity index (χ1n) is 7.37. The van der Waals surface area contributed by atoms with E-state index < -0.39 is 0 Å². The Hall–Kier alpha value is -2.62. The van der Waals surface area contributed by atoms with Crippen LogP contribution in [0.3, 0.4) is 0 Å². The fraction of sp³-hybridized carbons (Fsp3) is 0.222. The monoisotopic (exact) mass is 294 g/mol. The van der Waals surface area contributed by atoms with Crippen LogP contribution in [0.15, 0.2) is 48.5 Å². The van der Waals surface area contributed by atoms with Gasteiger partial charge in [0.1, 0.15) is 0 Å². The van der Waals surface area contributed by atoms with Gasteiger partial charge < -0.3 is 10.2 Å². The normalized spacial score (nSPS) is 13.4. The van der Waals surface area contributed by atoms with Crippen LogP contribution in [0.5, 0.6) is 0 Å². The van der Waals surface area contributed by atoms with Crippen LogP contribution in [0.2, 0.25) is 0 Å². The molecule has 2 amide bonds. The fourth-order valence-electron chi connectivity index (χ4n) is 2.75. The Bertz CT molecular complexity index is 707. The van der Waals surface area contributed by atoms with E-state index in [0.717, 1.165) is 13.0 Å². The molecule has 0 fully saturated rings. The molecule has 2 aromatic rings. The van der Waals surface area contributed by atoms with Crippen molar-refractivity contribution in [3.63, 3.8) is 0 Å². The van der Waals surface area contributed by atoms with Crippen LogP contribution < -0.4 is 5.32 Å². The van der Waals surface area contributed by atoms with Crippen LogP contribution >= 0.6 is 0 Å². The highest BCUT2D eigenvalue weighted by molar-refractivity contribution is 5.95. The molecular formula is C18H18N2O2. The third kappa shape index (κ3) is 3.01. The lowest BCUT2D eigenvalue weighted by molar-refractivity contribution is -0.114. The van der Waals surface area contributed by atoms with Crippen molar-refractivity contribution in [2.45, 2.75) is 19.9 Å². The standard InChI is InChI=1S/C18H18N2O2/c1-13(21)19-17-8-6-15(7-9-17)18(22)20-11-10-14-4-2-3-5-16(14)12-20/h2-9H,10-12H2,1H3,(H,19,21). The van der Waals surface area contributed by atoms with Crippen molar-refractivity contribution in [3.8, 4) is 0 Å². The molecule has 4 nitrogen and oxygen atoms in total. The van der Waals surface area contributed by atoms with Gasteiger partial charge in [-0.2, -0.15) is 0 Å². The number of nitrogens with one attached hydrogen (secondary N) is 1. The van der Waals surface area contributed by atoms with E-state index in [0.29, 0.717) is 17.8 Å². The van der Waals surface area contributed by atoms with E-state index in [9.17, 15) is 9.59 Å². The molecule has 2 aromatic carbocycles. The molecule has 22 heavy (non-hydrogen) atoms. The zero-order chi connectivity index (χ0) is 15.5. The molecule has 1 N–H and O–H groups in total. The predicted octanol–water partition coefficient (Wildman–Crippen LogP) is 2.84. The summed E-state index contributed by atoms with van der Waals surface area (Å²) in [6, 6.07) is 15.3. The van der Waals surface area contributed by atoms with Crippen LogP contribution in [0.1, 0.15) is 28.4 Å². The molecule has 0 saturated carbocycles. The van der Waals surface area contributed by atoms with Crippen LogP contribution in [0.25, 0.3) is 0 Å². The molecule has 0 radical (unpaired) electrons. The van der Waals surface area contributed by atoms with Gasteiger partial charge in [0.25, 0.3) is 5.91 Å². The van der Waals surface area contributed by atoms with E-state index in [1.807, 2.05) is 17.0 Å². The van der Waals surface area contributed by atoms with Crippen LogP contribution in [-0.2, 0) is 17.8 Å². The number of hydrogen-bond acceptors (Lipinski definition) is 2. The minimum atomic E-state index is -0.119. The van der Waals surface area contributed by atoms with E-state index in [-0.39, 0.29) is 11.8 Å². The number of benzene rings is 2. The highest BCUT2D eigenvalue weighted by atomic mass is 16.2. The minimum Gasteiger partial charge on any atom is -0.334 e. The first kappa shape index (κ1) is 14.3. The number of amides is 2. The van der Waals surface area contributed by atoms with Gasteiger partial charge in [0.2, 0.25) is 5.91 Å². The van der Waals surface area contributed by atoms with Crippen molar-refractivity contribution in [3.05, 3.63) is 65.2 Å². The number of carbonyl (C=O) groups is 2. The lowest BCUT2D eigenvalue weighted by Crippen LogP contribution is -2.35. The van der Waals surface area contributed by atoms with Gasteiger partial charge in [0.15, 0.2) is 0 Å². The van der Waals surface area contributed by atoms with Gasteiger partial charge in [-0.15, -0.1) is 0 Å². The summed E-state index contributed by atoms with van der Waals surface area (Å²) in [4.78, 5) is 25.5. The molecule has 1 aliphatic rings. The van der Waals surface area contributed by atoms with E-state index in [1.54, 1.807) is 24.3 Å². The van der Waals surface area contributed by atoms with Crippen molar-refractivity contribution in [1.29, 1.82) is 0 Å². The Balaban J connectivity index is 1.73. The topological polar surface area (TPSA) is 49.4 Å². The van der Waals surface area contributed by atoms with Crippen molar-refractivity contribution in [2.75, 3.05) is 11.9 Å². The fourth-order valence-corrected chi connectivity index (χ4v) is 2.75. The molecule has 0 unspecified atom stereocenters. The van der Waals surface area contributed by atoms with Gasteiger partial charge >= 0.3 is 0 Å². The summed E-state index contributed by atoms with van der Waals surface area (Å²) in [5.41, 5.74) is 3.89. The van der Waals surface area contributed by atoms with Crippen molar-refractivity contribution in [2.24, 2.45) is 0 Å². The molecule has 1 heterocycles. The number of hydrogen-bond donors (Lipinski definition) is 1. The largest absolute Gasteiger partial charge is 0.334 e. The summed E-state index contributed by atoms with van der Waals surface area (Å²) >= 11 is 0. The van der Waals surface area contributed by atoms with Gasteiger partial charge in [-0.3, -0.25) is 9.59 Å². The number of anilines is 1. The molecule has 0 bridgehead atoms. The number of nitrogens with zero attached hydrogens (tertiary/aromatic N) is 1. The van der Waals surface area contributed by atoms with E-state index >= 15 is 0 Å². The molecule has 0 aromatic heterocycles. The summed E-state index contributed by atoms with van der Waals surface area (Å²) in [6.07, 6.45) is 0.895. The van der Waals surface area contributed by atoms with Gasteiger partial charge in [0, 0.05) is 31.3 Å². The van der Waals surface area contributed by atoms with Crippen molar-refractivity contribution >= 4 is 17.5 Å². The zero-order valence-electron chi connectivity index (χ0n) is 12.5. The molecule has 3 rings (SSSR count). The SMILES string of the molecule is CC(=O)Nc1ccc(C(=O)N2CCc3ccccc3C2)cc1. The third-order valence-corrected chi connectivity index (χ3v) is 3.87. The Labute approximate surface area is 129 Å². The number of rotatable bonds is 2. The second-order valence-corrected chi connectivity index (χ2v) is 5.50. The quantitative estimate of drug-likeness (QED) is 0.926. The maximum atomic E-state index is 12.6. The third-order valence-electron chi connectivity index (χ3n) is 3.87. The van der Waals surface area contributed by atoms with Gasteiger partial charge in [-0.1, -0.05) is 24.3 Å². The van der Waals surface area contributed by atoms with Gasteiger partial charge in [-0.05, 0) is 41.8 Å². The maximum absolute atomic E-state index is 12.6. The lowest BCUT2D eigenvalue weighted by Gasteiger charge is -2.29. The van der Waals surface area contributed by atoms with Crippen molar-refractivity contribution in [1.82, 2.24) is 4.90 Å². The Morgan fingerprint density at radius 1 is 1.00 bits per heavy atom. The molecule has 0 aliphatic carbocycles. The molecule has 4 heteroatoms. The summed E-state index contributed by atoms with van der Waals surface area (Å²) in [6.45, 7) is 2.86. The summed E-state index contributed by atoms with van der Waals surface area (Å²) in [7, 11) is 0. The van der Waals surface area contributed by atoms with Crippen LogP contribution in [-0.4, -0.2) is 23.3 Å². The highest BCUT2D eigenvalue weighted by Gasteiger charge is 2.21. The second kappa shape index (κ2) is 6.02. The maximum Gasteiger partial charge on any atom is 0.254 e. The molecular weight excluding hydrogens is 276 g/mol. The first-order valence-corrected chi connectivity index (χ1v) is 7.37. The number of carbonyl (C=O) groups excluding carboxylic acids is 2. The lowest BCUT2D eigenvalue weighted by atomic mass is 9.99. The summed E-state index contributed by atoms with van der Waals surface area (Å²) in [5.74, 6) is -0.0874. The average Bonchev–Trinajstić information content (AvgIpc) is 2.54. The van der Waals surface area contributed by atoms with E-state index in [4.69, 9.17) is 0 Å². The van der Waals surface area contributed by atoms with Crippen LogP contribution in [0.4, 0.5) is 5.69 Å². The minimum absolute atomic E-state index is 0.0314. The highest BCUT2D eigenvalue weighted by Crippen LogP contribution is 2.20. The molecule has 0 spiro atoms. The van der Waals surface area contributed by atoms with E-state index in [1.165, 1.54) is 18.1 Å². The molecule has 0 atom stereocenters. The van der Waals surface area contributed by atoms with Crippen molar-refractivity contribution < 1.29 is 9.59 Å². The molecule has 112 valence electrons. The molecule has 1 aliphatic heterocycles. The molecule has 0 saturated heterocycles. The Morgan fingerprint density at radius 3 is 2.36 bits per heavy atom. The summed E-state index contributed by atoms with van der Waals surface area (Å²) in [5, 5.41) is 2.70. The van der Waals surface area contributed by atoms with Crippen LogP contribution in [0, 0.1) is 0 Å². The smallest absolute Gasteiger partial charge is 0.254 e. The zero-order valence-corrected chi connectivity index (χ0v) is 12.5.